The summed E-state index contributed by atoms with van der Waals surface area (Å²) in [6.07, 6.45) is 8.91. The maximum absolute atomic E-state index is 14.8. The van der Waals surface area contributed by atoms with Crippen LogP contribution in [0.4, 0.5) is 4.79 Å². The topological polar surface area (TPSA) is 651 Å². The number of primary amides is 1. The third-order valence-corrected chi connectivity index (χ3v) is 21.4. The minimum atomic E-state index is -1.40. The number of nitrogens with zero attached hydrogens (tertiary/aromatic N) is 2. The molecule has 2 saturated heterocycles. The van der Waals surface area contributed by atoms with E-state index in [4.69, 9.17) is 45.9 Å². The van der Waals surface area contributed by atoms with E-state index in [0.29, 0.717) is 100 Å². The Bertz CT molecular complexity index is 3790. The van der Waals surface area contributed by atoms with Crippen molar-refractivity contribution in [3.8, 4) is 0 Å². The molecular formula is C79H129N23O16S. The maximum atomic E-state index is 14.8. The van der Waals surface area contributed by atoms with Crippen LogP contribution in [0.15, 0.2) is 60.8 Å². The zero-order valence-corrected chi connectivity index (χ0v) is 69.3. The van der Waals surface area contributed by atoms with Gasteiger partial charge >= 0.3 is 12.0 Å². The van der Waals surface area contributed by atoms with Crippen LogP contribution in [0, 0.1) is 0 Å². The van der Waals surface area contributed by atoms with Gasteiger partial charge in [0.2, 0.25) is 76.8 Å². The lowest BCUT2D eigenvalue weighted by molar-refractivity contribution is -0.143. The Morgan fingerprint density at radius 1 is 0.454 bits per heavy atom. The lowest BCUT2D eigenvalue weighted by Gasteiger charge is -2.36. The van der Waals surface area contributed by atoms with Crippen molar-refractivity contribution in [3.63, 3.8) is 0 Å². The minimum Gasteiger partial charge on any atom is -0.480 e. The number of nitrogens with one attached hydrogen (secondary N) is 13. The summed E-state index contributed by atoms with van der Waals surface area (Å²) in [5, 5.41) is 42.9. The Balaban J connectivity index is 1.26. The summed E-state index contributed by atoms with van der Waals surface area (Å²) < 4.78 is 0. The largest absolute Gasteiger partial charge is 0.480 e. The number of rotatable bonds is 56. The Morgan fingerprint density at radius 3 is 1.42 bits per heavy atom. The number of H-pyrrole nitrogens is 1. The van der Waals surface area contributed by atoms with Crippen molar-refractivity contribution in [2.75, 3.05) is 77.5 Å². The summed E-state index contributed by atoms with van der Waals surface area (Å²) in [5.74, 6) is -10.5. The molecule has 662 valence electrons. The van der Waals surface area contributed by atoms with Crippen LogP contribution in [0.5, 0.6) is 0 Å². The SMILES string of the molecule is CSCC[C@H](NC(=O)[C@@H](N)CCCNC(N)=O)C(=O)N[C@@H](Cc1ccccc1)C(=O)NCC(=O)N1CCCC[C@H]1C(=O)N[C@@H](CCN)C(=O)N[C@@H](CCN)C(=O)N[C@@H](CCCCN)C(=O)N[C@@H](C)C(=O)N1CCC[C@H]1C(=O)N[C@@H](CCCCN)C(=O)N[C@@H](Cc1c[nH]c2ccccc12)C(=O)N[C@@H](CCCCN)C(=O)N[C@@H](CCCCN)C(=O)O. The summed E-state index contributed by atoms with van der Waals surface area (Å²) in [6, 6.07) is -1.02. The Hall–Kier alpha value is -10.1. The third kappa shape index (κ3) is 33.9. The van der Waals surface area contributed by atoms with Crippen LogP contribution in [0.1, 0.15) is 159 Å². The van der Waals surface area contributed by atoms with E-state index in [1.807, 2.05) is 24.5 Å². The van der Waals surface area contributed by atoms with E-state index in [1.54, 1.807) is 42.6 Å². The van der Waals surface area contributed by atoms with Gasteiger partial charge in [-0.1, -0.05) is 48.5 Å². The molecule has 0 bridgehead atoms. The van der Waals surface area contributed by atoms with Crippen molar-refractivity contribution in [2.24, 2.45) is 45.9 Å². The van der Waals surface area contributed by atoms with Gasteiger partial charge in [0.15, 0.2) is 0 Å². The fourth-order valence-corrected chi connectivity index (χ4v) is 14.6. The minimum absolute atomic E-state index is 0.00897. The number of carboxylic acid groups (broad SMARTS) is 1. The summed E-state index contributed by atoms with van der Waals surface area (Å²) in [5.41, 5.74) is 48.5. The number of carboxylic acids is 1. The van der Waals surface area contributed by atoms with E-state index < -0.39 is 174 Å². The molecule has 39 nitrogen and oxygen atoms in total. The lowest BCUT2D eigenvalue weighted by atomic mass is 10.00. The van der Waals surface area contributed by atoms with E-state index in [1.165, 1.54) is 28.5 Å². The van der Waals surface area contributed by atoms with Crippen LogP contribution in [0.25, 0.3) is 10.9 Å². The van der Waals surface area contributed by atoms with Gasteiger partial charge in [-0.05, 0) is 217 Å². The number of aliphatic carboxylic acids is 1. The molecule has 1 aromatic heterocycles. The molecule has 40 heteroatoms. The van der Waals surface area contributed by atoms with Gasteiger partial charge in [-0.2, -0.15) is 11.8 Å². The van der Waals surface area contributed by atoms with Crippen LogP contribution in [-0.4, -0.2) is 265 Å². The number of nitrogens with two attached hydrogens (primary N) is 8. The highest BCUT2D eigenvalue weighted by Gasteiger charge is 2.41. The summed E-state index contributed by atoms with van der Waals surface area (Å²) in [4.78, 5) is 215. The average Bonchev–Trinajstić information content (AvgIpc) is 1.73. The number of hydrogen-bond donors (Lipinski definition) is 22. The highest BCUT2D eigenvalue weighted by Crippen LogP contribution is 2.24. The van der Waals surface area contributed by atoms with Gasteiger partial charge in [-0.15, -0.1) is 0 Å². The van der Waals surface area contributed by atoms with Gasteiger partial charge in [0.05, 0.1) is 12.6 Å². The molecule has 2 aliphatic heterocycles. The molecule has 0 radical (unpaired) electrons. The molecule has 3 heterocycles. The van der Waals surface area contributed by atoms with Crippen molar-refractivity contribution < 1.29 is 77.0 Å². The first-order valence-electron chi connectivity index (χ1n) is 41.3. The number of fused-ring (bicyclic) bond motifs is 1. The smallest absolute Gasteiger partial charge is 0.326 e. The monoisotopic (exact) mass is 1690 g/mol. The number of amides is 15. The molecular weight excluding hydrogens is 1560 g/mol. The average molecular weight is 1690 g/mol. The van der Waals surface area contributed by atoms with Crippen LogP contribution in [0.3, 0.4) is 0 Å². The second kappa shape index (κ2) is 54.1. The molecule has 2 fully saturated rings. The van der Waals surface area contributed by atoms with Crippen molar-refractivity contribution in [2.45, 2.75) is 240 Å². The van der Waals surface area contributed by atoms with E-state index in [2.05, 4.69) is 68.8 Å². The van der Waals surface area contributed by atoms with Gasteiger partial charge < -0.3 is 130 Å². The van der Waals surface area contributed by atoms with Crippen LogP contribution < -0.4 is 110 Å². The Morgan fingerprint density at radius 2 is 0.891 bits per heavy atom. The molecule has 3 aromatic rings. The number of thioether (sulfide) groups is 1. The Kier molecular flexibility index (Phi) is 45.3. The number of likely N-dealkylation sites (tertiary alicyclic amines) is 2. The number of aromatic nitrogens is 1. The molecule has 13 atom stereocenters. The summed E-state index contributed by atoms with van der Waals surface area (Å²) >= 11 is 1.42. The predicted molar refractivity (Wildman–Crippen MR) is 449 cm³/mol. The first-order chi connectivity index (χ1) is 57.1. The van der Waals surface area contributed by atoms with E-state index in [9.17, 15) is 77.0 Å². The van der Waals surface area contributed by atoms with E-state index in [-0.39, 0.29) is 129 Å². The zero-order valence-electron chi connectivity index (χ0n) is 68.5. The molecule has 0 aliphatic carbocycles. The molecule has 2 aliphatic rings. The number of urea groups is 1. The van der Waals surface area contributed by atoms with Crippen LogP contribution in [-0.2, 0) is 80.0 Å². The zero-order chi connectivity index (χ0) is 87.3. The van der Waals surface area contributed by atoms with Crippen LogP contribution in [0.2, 0.25) is 0 Å². The number of carbonyl (C=O) groups is 15. The van der Waals surface area contributed by atoms with Gasteiger partial charge in [0, 0.05) is 49.6 Å². The van der Waals surface area contributed by atoms with E-state index >= 15 is 0 Å². The van der Waals surface area contributed by atoms with Gasteiger partial charge in [-0.25, -0.2) is 9.59 Å². The van der Waals surface area contributed by atoms with Gasteiger partial charge in [0.1, 0.15) is 72.5 Å². The van der Waals surface area contributed by atoms with Gasteiger partial charge in [-0.3, -0.25) is 62.3 Å². The fourth-order valence-electron chi connectivity index (χ4n) is 14.1. The second-order valence-electron chi connectivity index (χ2n) is 30.0. The molecule has 5 rings (SSSR count). The second-order valence-corrected chi connectivity index (χ2v) is 31.0. The quantitative estimate of drug-likeness (QED) is 0.0241. The standard InChI is InChI=1S/C79H129N23O16S/c1-48(77(115)102-42-19-30-64(102)76(114)96-56(27-10-15-36-82)70(108)100-62(45-50-46-89-53-24-7-6-22-51(50)53)74(112)94-55(26-9-14-35-81)69(107)98-60(78(116)117)28-11-16-37-83)91-68(106)54(25-8-13-34-80)93-71(109)57(31-38-84)95-72(110)58(32-39-85)97-75(113)63-29-12-17-41-101(63)65(103)47-90-67(105)61(44-49-20-4-3-5-21-49)99-73(111)59(33-43-119-2)92-66(104)52(86)23-18-40-88-79(87)118/h3-7,20-22,24,46,48,52,54-64,89H,8-19,23,25-45,47,80-86H2,1-2H3,(H,90,105)(H,91,106)(H,92,104)(H,93,109)(H,94,112)(H,95,110)(H,96,114)(H,97,113)(H,98,107)(H,99,111)(H,100,108)(H,116,117)(H3,87,88,118)/t48-,52-,54-,55-,56-,57-,58-,59-,60-,61-,62-,63-,64-/m0/s1. The highest BCUT2D eigenvalue weighted by atomic mass is 32.2. The van der Waals surface area contributed by atoms with Crippen LogP contribution >= 0.6 is 11.8 Å². The number of hydrogen-bond acceptors (Lipinski definition) is 23. The van der Waals surface area contributed by atoms with Gasteiger partial charge in [0.25, 0.3) is 0 Å². The number of benzene rings is 2. The molecule has 119 heavy (non-hydrogen) atoms. The number of para-hydroxylation sites is 1. The number of aromatic amines is 1. The summed E-state index contributed by atoms with van der Waals surface area (Å²) in [6.45, 7) is 1.92. The van der Waals surface area contributed by atoms with Crippen molar-refractivity contribution in [1.29, 1.82) is 0 Å². The van der Waals surface area contributed by atoms with E-state index in [0.717, 1.165) is 10.9 Å². The highest BCUT2D eigenvalue weighted by molar-refractivity contribution is 7.98. The van der Waals surface area contributed by atoms with Crippen molar-refractivity contribution >= 4 is 111 Å². The van der Waals surface area contributed by atoms with Crippen molar-refractivity contribution in [3.05, 3.63) is 71.9 Å². The molecule has 0 unspecified atom stereocenters. The summed E-state index contributed by atoms with van der Waals surface area (Å²) in [7, 11) is 0. The fraction of sp³-hybridized carbons (Fsp3) is 0.633. The lowest BCUT2D eigenvalue weighted by Crippen LogP contribution is -2.61. The molecule has 15 amide bonds. The number of piperidine rings is 1. The molecule has 30 N–H and O–H groups in total. The predicted octanol–water partition coefficient (Wildman–Crippen LogP) is -3.86. The normalized spacial score (nSPS) is 16.7. The third-order valence-electron chi connectivity index (χ3n) is 20.8. The Labute approximate surface area is 698 Å². The maximum Gasteiger partial charge on any atom is 0.326 e. The van der Waals surface area contributed by atoms with Crippen molar-refractivity contribution in [1.82, 2.24) is 78.6 Å². The first kappa shape index (κ1) is 99.5. The first-order valence-corrected chi connectivity index (χ1v) is 42.7. The molecule has 0 saturated carbocycles. The molecule has 0 spiro atoms. The number of unbranched alkanes of at least 4 members (excludes halogenated alkanes) is 4. The number of carbonyl (C=O) groups excluding carboxylic acids is 14. The molecule has 2 aromatic carbocycles.